The van der Waals surface area contributed by atoms with Crippen LogP contribution >= 0.6 is 0 Å². The number of likely N-dealkylation sites (tertiary alicyclic amines) is 1. The second-order valence-corrected chi connectivity index (χ2v) is 18.0. The zero-order valence-electron chi connectivity index (χ0n) is 30.4. The number of nitrogens with zero attached hydrogens (tertiary/aromatic N) is 1. The molecule has 2 saturated carbocycles. The molecule has 2 saturated heterocycles. The number of carbonyl (C=O) groups excluding carboxylic acids is 1. The first-order valence-electron chi connectivity index (χ1n) is 19.5. The molecule has 7 nitrogen and oxygen atoms in total. The quantitative estimate of drug-likeness (QED) is 0.204. The molecule has 4 fully saturated rings. The molecule has 2 heterocycles. The molecular weight excluding hydrogens is 705 g/mol. The van der Waals surface area contributed by atoms with Crippen molar-refractivity contribution in [2.45, 2.75) is 115 Å². The van der Waals surface area contributed by atoms with E-state index in [-0.39, 0.29) is 41.6 Å². The highest BCUT2D eigenvalue weighted by atomic mass is 32.2. The second kappa shape index (κ2) is 16.9. The van der Waals surface area contributed by atoms with Crippen LogP contribution in [0.5, 0.6) is 5.75 Å². The molecule has 0 radical (unpaired) electrons. The fraction of sp³-hybridized carbons (Fsp3) is 0.821. The maximum atomic E-state index is 13.4. The molecule has 1 N–H and O–H groups in total. The summed E-state index contributed by atoms with van der Waals surface area (Å²) in [6, 6.07) is 6.07. The normalized spacial score (nSPS) is 30.8. The maximum absolute atomic E-state index is 13.4. The van der Waals surface area contributed by atoms with Crippen molar-refractivity contribution in [3.05, 3.63) is 29.3 Å². The number of rotatable bonds is 13. The monoisotopic (exact) mass is 761 g/mol. The molecular formula is C39H56F5NO6S. The topological polar surface area (TPSA) is 85.3 Å². The van der Waals surface area contributed by atoms with Crippen molar-refractivity contribution >= 4 is 16.9 Å². The Hall–Kier alpha value is -1.83. The smallest absolute Gasteiger partial charge is 0.410 e. The van der Waals surface area contributed by atoms with Gasteiger partial charge in [0.05, 0.1) is 19.3 Å². The van der Waals surface area contributed by atoms with Crippen molar-refractivity contribution in [1.29, 1.82) is 0 Å². The predicted octanol–water partition coefficient (Wildman–Crippen LogP) is 8.29. The number of halogens is 5. The standard InChI is InChI=1S/C39H56F5NO6S/c1-37-15-9-32-31-6-5-30(51-36(47)45-16-10-26(11-17-45)27-12-19-49-20-13-27)25-29(31)24-28(35(32)33(37)7-8-34(37)50-21-18-46)4-2-22-52(48)23-3-14-38(40,41)39(42,43)44/h5-6,25-28,32-35,46H,2-4,7-24H2,1H3/t28-,32-,33+,34+,35-,37+,52?/m1/s1. The van der Waals surface area contributed by atoms with Gasteiger partial charge in [-0.3, -0.25) is 4.21 Å². The molecule has 6 rings (SSSR count). The van der Waals surface area contributed by atoms with Gasteiger partial charge >= 0.3 is 18.2 Å². The van der Waals surface area contributed by atoms with E-state index in [0.29, 0.717) is 61.5 Å². The van der Waals surface area contributed by atoms with Gasteiger partial charge in [-0.25, -0.2) is 4.79 Å². The summed E-state index contributed by atoms with van der Waals surface area (Å²) in [4.78, 5) is 15.1. The van der Waals surface area contributed by atoms with Crippen LogP contribution in [-0.4, -0.2) is 89.5 Å². The van der Waals surface area contributed by atoms with E-state index in [1.54, 1.807) is 0 Å². The highest BCUT2D eigenvalue weighted by Crippen LogP contribution is 2.63. The number of hydrogen-bond donors (Lipinski definition) is 1. The third-order valence-corrected chi connectivity index (χ3v) is 14.8. The molecule has 3 aliphatic carbocycles. The Labute approximate surface area is 307 Å². The van der Waals surface area contributed by atoms with Crippen LogP contribution in [0, 0.1) is 35.0 Å². The molecule has 0 spiro atoms. The Morgan fingerprint density at radius 1 is 1.00 bits per heavy atom. The number of ether oxygens (including phenoxy) is 3. The average Bonchev–Trinajstić information content (AvgIpc) is 3.46. The summed E-state index contributed by atoms with van der Waals surface area (Å²) in [6.07, 6.45) is 2.49. The predicted molar refractivity (Wildman–Crippen MR) is 188 cm³/mol. The van der Waals surface area contributed by atoms with Crippen molar-refractivity contribution < 1.29 is 50.3 Å². The summed E-state index contributed by atoms with van der Waals surface area (Å²) in [5, 5.41) is 9.45. The molecule has 1 aromatic rings. The number of piperidine rings is 1. The van der Waals surface area contributed by atoms with Gasteiger partial charge in [0.15, 0.2) is 0 Å². The van der Waals surface area contributed by atoms with E-state index in [0.717, 1.165) is 83.0 Å². The largest absolute Gasteiger partial charge is 0.453 e. The van der Waals surface area contributed by atoms with Crippen LogP contribution in [-0.2, 0) is 26.7 Å². The molecule has 0 bridgehead atoms. The van der Waals surface area contributed by atoms with E-state index in [1.807, 2.05) is 17.0 Å². The SMILES string of the molecule is C[C@]12CC[C@@H]3c4ccc(OC(=O)N5CCC(C6CCOCC6)CC5)cc4C[C@@H](CCCS(=O)CCCC(F)(F)C(F)(F)F)[C@H]3[C@@H]1CC[C@@H]2OCCO. The minimum absolute atomic E-state index is 0.0221. The van der Waals surface area contributed by atoms with E-state index in [4.69, 9.17) is 14.2 Å². The van der Waals surface area contributed by atoms with Crippen LogP contribution in [0.1, 0.15) is 101 Å². The van der Waals surface area contributed by atoms with E-state index in [9.17, 15) is 36.1 Å². The van der Waals surface area contributed by atoms with Crippen molar-refractivity contribution in [1.82, 2.24) is 4.90 Å². The molecule has 1 amide bonds. The minimum atomic E-state index is -5.60. The van der Waals surface area contributed by atoms with Crippen LogP contribution in [0.3, 0.4) is 0 Å². The third kappa shape index (κ3) is 8.83. The molecule has 294 valence electrons. The summed E-state index contributed by atoms with van der Waals surface area (Å²) in [6.45, 7) is 5.63. The molecule has 52 heavy (non-hydrogen) atoms. The summed E-state index contributed by atoms with van der Waals surface area (Å²) < 4.78 is 94.9. The second-order valence-electron chi connectivity index (χ2n) is 16.3. The molecule has 7 atom stereocenters. The van der Waals surface area contributed by atoms with Crippen LogP contribution in [0.2, 0.25) is 0 Å². The molecule has 5 aliphatic rings. The number of fused-ring (bicyclic) bond motifs is 5. The summed E-state index contributed by atoms with van der Waals surface area (Å²) in [5.41, 5.74) is 2.40. The van der Waals surface area contributed by atoms with Gasteiger partial charge in [-0.1, -0.05) is 13.0 Å². The Bertz CT molecular complexity index is 1380. The van der Waals surface area contributed by atoms with Gasteiger partial charge in [0.25, 0.3) is 0 Å². The first-order chi connectivity index (χ1) is 24.8. The lowest BCUT2D eigenvalue weighted by Crippen LogP contribution is -2.48. The first kappa shape index (κ1) is 39.9. The Morgan fingerprint density at radius 2 is 1.71 bits per heavy atom. The number of aliphatic hydroxyl groups excluding tert-OH is 1. The number of hydrogen-bond acceptors (Lipinski definition) is 6. The fourth-order valence-electron chi connectivity index (χ4n) is 10.6. The number of carbonyl (C=O) groups is 1. The lowest BCUT2D eigenvalue weighted by molar-refractivity contribution is -0.284. The number of benzene rings is 1. The number of aliphatic hydroxyl groups is 1. The van der Waals surface area contributed by atoms with Gasteiger partial charge in [0, 0.05) is 55.0 Å². The summed E-state index contributed by atoms with van der Waals surface area (Å²) in [7, 11) is -1.49. The van der Waals surface area contributed by atoms with E-state index < -0.39 is 35.7 Å². The molecule has 1 aromatic carbocycles. The van der Waals surface area contributed by atoms with Crippen molar-refractivity contribution in [2.75, 3.05) is 51.0 Å². The third-order valence-electron chi connectivity index (χ3n) is 13.4. The molecule has 0 aromatic heterocycles. The van der Waals surface area contributed by atoms with Crippen molar-refractivity contribution in [3.63, 3.8) is 0 Å². The average molecular weight is 762 g/mol. The molecule has 13 heteroatoms. The van der Waals surface area contributed by atoms with Crippen molar-refractivity contribution in [3.8, 4) is 5.75 Å². The van der Waals surface area contributed by atoms with E-state index in [2.05, 4.69) is 13.0 Å². The fourth-order valence-corrected chi connectivity index (χ4v) is 11.8. The van der Waals surface area contributed by atoms with Gasteiger partial charge in [-0.05, 0) is 141 Å². The van der Waals surface area contributed by atoms with E-state index in [1.165, 1.54) is 5.56 Å². The van der Waals surface area contributed by atoms with Gasteiger partial charge in [0.2, 0.25) is 0 Å². The zero-order valence-corrected chi connectivity index (χ0v) is 31.2. The Balaban J connectivity index is 1.11. The highest BCUT2D eigenvalue weighted by molar-refractivity contribution is 7.84. The first-order valence-corrected chi connectivity index (χ1v) is 21.0. The van der Waals surface area contributed by atoms with Gasteiger partial charge in [0.1, 0.15) is 5.75 Å². The molecule has 1 unspecified atom stereocenters. The number of amides is 1. The van der Waals surface area contributed by atoms with Crippen LogP contribution in [0.25, 0.3) is 0 Å². The summed E-state index contributed by atoms with van der Waals surface area (Å²) >= 11 is 0. The minimum Gasteiger partial charge on any atom is -0.410 e. The van der Waals surface area contributed by atoms with Gasteiger partial charge in [-0.15, -0.1) is 0 Å². The zero-order chi connectivity index (χ0) is 37.1. The van der Waals surface area contributed by atoms with Crippen LogP contribution in [0.15, 0.2) is 18.2 Å². The highest BCUT2D eigenvalue weighted by Gasteiger charge is 2.58. The van der Waals surface area contributed by atoms with E-state index >= 15 is 0 Å². The van der Waals surface area contributed by atoms with Crippen LogP contribution in [0.4, 0.5) is 26.7 Å². The van der Waals surface area contributed by atoms with Gasteiger partial charge < -0.3 is 24.2 Å². The lowest BCUT2D eigenvalue weighted by Gasteiger charge is -2.53. The van der Waals surface area contributed by atoms with Crippen LogP contribution < -0.4 is 4.74 Å². The lowest BCUT2D eigenvalue weighted by atomic mass is 9.52. The Kier molecular flexibility index (Phi) is 12.9. The summed E-state index contributed by atoms with van der Waals surface area (Å²) in [5.74, 6) is -1.61. The maximum Gasteiger partial charge on any atom is 0.453 e. The number of alkyl halides is 5. The van der Waals surface area contributed by atoms with Gasteiger partial charge in [-0.2, -0.15) is 22.0 Å². The Morgan fingerprint density at radius 3 is 2.42 bits per heavy atom. The van der Waals surface area contributed by atoms with Crippen molar-refractivity contribution in [2.24, 2.45) is 35.0 Å². The molecule has 2 aliphatic heterocycles.